The van der Waals surface area contributed by atoms with Crippen LogP contribution in [0, 0.1) is 56.7 Å². The standard InChI is InChI=1S/C42H20N6S/c43-21-26-1-10-40-41(17-26)49-42(48-40)39-19-37(33-6-2-31(3-7-33)35-13-27(22-44)11-28(14-35)23-45)18-38(20-39)34-8-4-32(5-9-34)36-15-29(24-46)12-30(16-36)25-47/h1-20H. The molecule has 49 heavy (non-hydrogen) atoms. The first-order chi connectivity index (χ1) is 24.0. The summed E-state index contributed by atoms with van der Waals surface area (Å²) in [6.45, 7) is 0. The van der Waals surface area contributed by atoms with Crippen LogP contribution in [0.2, 0.25) is 0 Å². The lowest BCUT2D eigenvalue weighted by Crippen LogP contribution is -1.88. The van der Waals surface area contributed by atoms with E-state index in [0.717, 1.165) is 65.3 Å². The molecule has 1 heterocycles. The Labute approximate surface area is 286 Å². The number of nitriles is 5. The maximum atomic E-state index is 9.45. The normalized spacial score (nSPS) is 10.3. The highest BCUT2D eigenvalue weighted by Crippen LogP contribution is 2.38. The van der Waals surface area contributed by atoms with E-state index in [9.17, 15) is 26.3 Å². The van der Waals surface area contributed by atoms with Crippen molar-refractivity contribution in [2.24, 2.45) is 0 Å². The first-order valence-corrected chi connectivity index (χ1v) is 15.9. The van der Waals surface area contributed by atoms with Crippen molar-refractivity contribution in [1.29, 1.82) is 26.3 Å². The van der Waals surface area contributed by atoms with Gasteiger partial charge in [-0.2, -0.15) is 26.3 Å². The van der Waals surface area contributed by atoms with Gasteiger partial charge in [0.05, 0.1) is 68.4 Å². The Balaban J connectivity index is 1.32. The van der Waals surface area contributed by atoms with Crippen molar-refractivity contribution in [3.63, 3.8) is 0 Å². The Morgan fingerprint density at radius 1 is 0.347 bits per heavy atom. The van der Waals surface area contributed by atoms with E-state index in [0.29, 0.717) is 27.8 Å². The first-order valence-electron chi connectivity index (χ1n) is 15.1. The molecule has 0 aliphatic rings. The number of fused-ring (bicyclic) bond motifs is 1. The van der Waals surface area contributed by atoms with Crippen LogP contribution in [0.5, 0.6) is 0 Å². The zero-order chi connectivity index (χ0) is 33.9. The summed E-state index contributed by atoms with van der Waals surface area (Å²) in [4.78, 5) is 4.90. The molecule has 0 N–H and O–H groups in total. The molecule has 0 bridgehead atoms. The predicted octanol–water partition coefficient (Wildman–Crippen LogP) is 9.99. The third kappa shape index (κ3) is 6.12. The molecule has 1 aromatic heterocycles. The Hall–Kier alpha value is -7.34. The van der Waals surface area contributed by atoms with Crippen molar-refractivity contribution in [2.45, 2.75) is 0 Å². The number of hydrogen-bond donors (Lipinski definition) is 0. The lowest BCUT2D eigenvalue weighted by Gasteiger charge is -2.12. The van der Waals surface area contributed by atoms with Crippen LogP contribution in [0.4, 0.5) is 0 Å². The molecule has 6 nitrogen and oxygen atoms in total. The molecule has 224 valence electrons. The van der Waals surface area contributed by atoms with Crippen molar-refractivity contribution in [2.75, 3.05) is 0 Å². The molecule has 7 aromatic rings. The van der Waals surface area contributed by atoms with Gasteiger partial charge >= 0.3 is 0 Å². The number of thiazole rings is 1. The number of benzene rings is 6. The molecule has 0 aliphatic carbocycles. The van der Waals surface area contributed by atoms with Gasteiger partial charge in [0.2, 0.25) is 0 Å². The number of hydrogen-bond acceptors (Lipinski definition) is 7. The SMILES string of the molecule is N#Cc1cc(C#N)cc(-c2ccc(-c3cc(-c4ccc(-c5cc(C#N)cc(C#N)c5)cc4)cc(-c4nc5ccc(C#N)cc5s4)c3)cc2)c1. The lowest BCUT2D eigenvalue weighted by atomic mass is 9.93. The minimum absolute atomic E-state index is 0.433. The Bertz CT molecular complexity index is 2450. The second-order valence-corrected chi connectivity index (χ2v) is 12.3. The van der Waals surface area contributed by atoms with E-state index in [2.05, 4.69) is 48.5 Å². The van der Waals surface area contributed by atoms with E-state index < -0.39 is 0 Å². The lowest BCUT2D eigenvalue weighted by molar-refractivity contribution is 1.44. The minimum Gasteiger partial charge on any atom is -0.236 e. The van der Waals surface area contributed by atoms with Crippen molar-refractivity contribution in [1.82, 2.24) is 4.98 Å². The third-order valence-corrected chi connectivity index (χ3v) is 9.25. The predicted molar refractivity (Wildman–Crippen MR) is 190 cm³/mol. The second-order valence-electron chi connectivity index (χ2n) is 11.3. The summed E-state index contributed by atoms with van der Waals surface area (Å²) in [7, 11) is 0. The summed E-state index contributed by atoms with van der Waals surface area (Å²) < 4.78 is 0.933. The van der Waals surface area contributed by atoms with Gasteiger partial charge in [0.25, 0.3) is 0 Å². The minimum atomic E-state index is 0.433. The molecule has 0 atom stereocenters. The third-order valence-electron chi connectivity index (χ3n) is 8.18. The van der Waals surface area contributed by atoms with Crippen LogP contribution in [0.25, 0.3) is 65.3 Å². The van der Waals surface area contributed by atoms with Crippen LogP contribution in [0.15, 0.2) is 121 Å². The summed E-state index contributed by atoms with van der Waals surface area (Å²) >= 11 is 1.53. The Morgan fingerprint density at radius 3 is 1.10 bits per heavy atom. The topological polar surface area (TPSA) is 132 Å². The van der Waals surface area contributed by atoms with Crippen LogP contribution in [-0.4, -0.2) is 4.98 Å². The number of aromatic nitrogens is 1. The molecule has 0 radical (unpaired) electrons. The quantitative estimate of drug-likeness (QED) is 0.184. The molecule has 7 rings (SSSR count). The van der Waals surface area contributed by atoms with Gasteiger partial charge in [0.15, 0.2) is 0 Å². The highest BCUT2D eigenvalue weighted by atomic mass is 32.1. The molecule has 0 fully saturated rings. The van der Waals surface area contributed by atoms with E-state index in [4.69, 9.17) is 4.98 Å². The van der Waals surface area contributed by atoms with E-state index in [1.54, 1.807) is 42.5 Å². The van der Waals surface area contributed by atoms with E-state index in [1.807, 2.05) is 60.7 Å². The highest BCUT2D eigenvalue weighted by molar-refractivity contribution is 7.21. The van der Waals surface area contributed by atoms with Gasteiger partial charge in [-0.15, -0.1) is 11.3 Å². The largest absolute Gasteiger partial charge is 0.236 e. The van der Waals surface area contributed by atoms with E-state index >= 15 is 0 Å². The van der Waals surface area contributed by atoms with Gasteiger partial charge in [-0.1, -0.05) is 48.5 Å². The average Bonchev–Trinajstić information content (AvgIpc) is 3.61. The van der Waals surface area contributed by atoms with Crippen molar-refractivity contribution < 1.29 is 0 Å². The average molecular weight is 641 g/mol. The van der Waals surface area contributed by atoms with Crippen LogP contribution in [0.1, 0.15) is 27.8 Å². The molecular formula is C42H20N6S. The summed E-state index contributed by atoms with van der Waals surface area (Å²) in [5.41, 5.74) is 11.4. The smallest absolute Gasteiger partial charge is 0.124 e. The van der Waals surface area contributed by atoms with Gasteiger partial charge in [-0.25, -0.2) is 4.98 Å². The van der Waals surface area contributed by atoms with Gasteiger partial charge < -0.3 is 0 Å². The number of rotatable bonds is 5. The maximum absolute atomic E-state index is 9.45. The van der Waals surface area contributed by atoms with Crippen molar-refractivity contribution in [3.8, 4) is 85.4 Å². The molecule has 0 amide bonds. The molecule has 0 unspecified atom stereocenters. The Morgan fingerprint density at radius 2 is 0.714 bits per heavy atom. The highest BCUT2D eigenvalue weighted by Gasteiger charge is 2.13. The Kier molecular flexibility index (Phi) is 7.93. The summed E-state index contributed by atoms with van der Waals surface area (Å²) in [5.74, 6) is 0. The van der Waals surface area contributed by atoms with Crippen LogP contribution in [-0.2, 0) is 0 Å². The van der Waals surface area contributed by atoms with Gasteiger partial charge in [-0.05, 0) is 117 Å². The monoisotopic (exact) mass is 640 g/mol. The van der Waals surface area contributed by atoms with Crippen LogP contribution in [0.3, 0.4) is 0 Å². The van der Waals surface area contributed by atoms with Crippen molar-refractivity contribution >= 4 is 21.6 Å². The maximum Gasteiger partial charge on any atom is 0.124 e. The fourth-order valence-corrected chi connectivity index (χ4v) is 6.75. The molecule has 0 saturated carbocycles. The summed E-state index contributed by atoms with van der Waals surface area (Å²) in [5, 5.41) is 48.0. The van der Waals surface area contributed by atoms with E-state index in [1.165, 1.54) is 11.3 Å². The second kappa shape index (κ2) is 12.8. The van der Waals surface area contributed by atoms with Gasteiger partial charge in [-0.3, -0.25) is 0 Å². The summed E-state index contributed by atoms with van der Waals surface area (Å²) in [6.07, 6.45) is 0. The summed E-state index contributed by atoms with van der Waals surface area (Å²) in [6, 6.07) is 48.9. The van der Waals surface area contributed by atoms with Crippen LogP contribution >= 0.6 is 11.3 Å². The molecule has 0 saturated heterocycles. The molecule has 0 aliphatic heterocycles. The first kappa shape index (κ1) is 30.3. The molecule has 0 spiro atoms. The fraction of sp³-hybridized carbons (Fsp3) is 0. The number of nitrogens with zero attached hydrogens (tertiary/aromatic N) is 6. The zero-order valence-corrected chi connectivity index (χ0v) is 26.5. The van der Waals surface area contributed by atoms with E-state index in [-0.39, 0.29) is 0 Å². The molecular weight excluding hydrogens is 621 g/mol. The molecule has 7 heteroatoms. The van der Waals surface area contributed by atoms with Gasteiger partial charge in [0.1, 0.15) is 5.01 Å². The van der Waals surface area contributed by atoms with Crippen molar-refractivity contribution in [3.05, 3.63) is 149 Å². The van der Waals surface area contributed by atoms with Gasteiger partial charge in [0, 0.05) is 5.56 Å². The molecule has 6 aromatic carbocycles. The zero-order valence-electron chi connectivity index (χ0n) is 25.6. The van der Waals surface area contributed by atoms with Crippen LogP contribution < -0.4 is 0 Å². The fourth-order valence-electron chi connectivity index (χ4n) is 5.76.